The van der Waals surface area contributed by atoms with Crippen LogP contribution in [0.15, 0.2) is 30.3 Å². The highest BCUT2D eigenvalue weighted by Gasteiger charge is 2.24. The fraction of sp³-hybridized carbons (Fsp3) is 0.368. The van der Waals surface area contributed by atoms with E-state index in [2.05, 4.69) is 36.5 Å². The fourth-order valence-electron chi connectivity index (χ4n) is 3.24. The van der Waals surface area contributed by atoms with Crippen LogP contribution in [0.2, 0.25) is 0 Å². The second kappa shape index (κ2) is 6.50. The Hall–Kier alpha value is -2.20. The first-order valence-corrected chi connectivity index (χ1v) is 7.80. The molecule has 0 spiro atoms. The monoisotopic (exact) mass is 313 g/mol. The molecule has 0 radical (unpaired) electrons. The van der Waals surface area contributed by atoms with Crippen LogP contribution in [0.25, 0.3) is 0 Å². The number of hydrogen-bond acceptors (Lipinski definition) is 4. The van der Waals surface area contributed by atoms with Gasteiger partial charge >= 0.3 is 0 Å². The lowest BCUT2D eigenvalue weighted by molar-refractivity contribution is 0.353. The van der Waals surface area contributed by atoms with Crippen LogP contribution < -0.4 is 19.5 Å². The summed E-state index contributed by atoms with van der Waals surface area (Å²) in [5.74, 6) is 2.43. The first-order valence-electron chi connectivity index (χ1n) is 7.80. The summed E-state index contributed by atoms with van der Waals surface area (Å²) in [4.78, 5) is 0. The Kier molecular flexibility index (Phi) is 4.44. The number of benzene rings is 2. The van der Waals surface area contributed by atoms with E-state index < -0.39 is 0 Å². The van der Waals surface area contributed by atoms with E-state index in [-0.39, 0.29) is 6.04 Å². The molecule has 0 fully saturated rings. The Morgan fingerprint density at radius 1 is 0.913 bits per heavy atom. The number of aryl methyl sites for hydroxylation is 1. The van der Waals surface area contributed by atoms with Gasteiger partial charge in [-0.1, -0.05) is 6.07 Å². The van der Waals surface area contributed by atoms with Gasteiger partial charge in [-0.15, -0.1) is 0 Å². The Morgan fingerprint density at radius 2 is 1.65 bits per heavy atom. The third kappa shape index (κ3) is 2.99. The second-order valence-electron chi connectivity index (χ2n) is 5.83. The smallest absolute Gasteiger partial charge is 0.161 e. The molecule has 1 aliphatic heterocycles. The molecule has 0 saturated carbocycles. The van der Waals surface area contributed by atoms with E-state index in [1.807, 2.05) is 6.07 Å². The van der Waals surface area contributed by atoms with Crippen molar-refractivity contribution in [1.82, 2.24) is 5.32 Å². The van der Waals surface area contributed by atoms with Crippen LogP contribution in [0, 0.1) is 6.92 Å². The van der Waals surface area contributed by atoms with Crippen molar-refractivity contribution in [2.75, 3.05) is 27.9 Å². The SMILES string of the molecule is COc1cc(C)cc(C2NCCc3cc(OC)c(OC)cc32)c1. The van der Waals surface area contributed by atoms with Gasteiger partial charge in [0.15, 0.2) is 11.5 Å². The number of rotatable bonds is 4. The molecule has 122 valence electrons. The molecular formula is C19H23NO3. The van der Waals surface area contributed by atoms with Crippen molar-refractivity contribution < 1.29 is 14.2 Å². The summed E-state index contributed by atoms with van der Waals surface area (Å²) in [6, 6.07) is 10.6. The molecule has 1 unspecified atom stereocenters. The molecule has 1 N–H and O–H groups in total. The van der Waals surface area contributed by atoms with Crippen LogP contribution in [0.1, 0.15) is 28.3 Å². The lowest BCUT2D eigenvalue weighted by Gasteiger charge is -2.29. The Bertz CT molecular complexity index is 712. The van der Waals surface area contributed by atoms with E-state index in [1.165, 1.54) is 22.3 Å². The van der Waals surface area contributed by atoms with Crippen molar-refractivity contribution in [2.24, 2.45) is 0 Å². The molecular weight excluding hydrogens is 290 g/mol. The number of fused-ring (bicyclic) bond motifs is 1. The zero-order chi connectivity index (χ0) is 16.4. The molecule has 0 amide bonds. The Morgan fingerprint density at radius 3 is 2.35 bits per heavy atom. The summed E-state index contributed by atoms with van der Waals surface area (Å²) in [6.07, 6.45) is 0.981. The maximum Gasteiger partial charge on any atom is 0.161 e. The molecule has 0 saturated heterocycles. The Labute approximate surface area is 137 Å². The first kappa shape index (κ1) is 15.7. The van der Waals surface area contributed by atoms with Gasteiger partial charge in [-0.05, 0) is 59.9 Å². The van der Waals surface area contributed by atoms with E-state index >= 15 is 0 Å². The Balaban J connectivity index is 2.09. The van der Waals surface area contributed by atoms with Gasteiger partial charge in [-0.3, -0.25) is 0 Å². The van der Waals surface area contributed by atoms with E-state index in [4.69, 9.17) is 14.2 Å². The van der Waals surface area contributed by atoms with Crippen molar-refractivity contribution in [2.45, 2.75) is 19.4 Å². The molecule has 0 aromatic heterocycles. The molecule has 3 rings (SSSR count). The van der Waals surface area contributed by atoms with Gasteiger partial charge in [0.25, 0.3) is 0 Å². The van der Waals surface area contributed by atoms with Crippen molar-refractivity contribution >= 4 is 0 Å². The molecule has 0 aliphatic carbocycles. The fourth-order valence-corrected chi connectivity index (χ4v) is 3.24. The molecule has 1 heterocycles. The van der Waals surface area contributed by atoms with Crippen molar-refractivity contribution in [3.05, 3.63) is 52.6 Å². The quantitative estimate of drug-likeness (QED) is 0.940. The summed E-state index contributed by atoms with van der Waals surface area (Å²) < 4.78 is 16.3. The number of methoxy groups -OCH3 is 3. The third-order valence-corrected chi connectivity index (χ3v) is 4.34. The van der Waals surface area contributed by atoms with E-state index in [9.17, 15) is 0 Å². The van der Waals surface area contributed by atoms with Crippen molar-refractivity contribution in [1.29, 1.82) is 0 Å². The van der Waals surface area contributed by atoms with Gasteiger partial charge in [-0.2, -0.15) is 0 Å². The van der Waals surface area contributed by atoms with Crippen molar-refractivity contribution in [3.8, 4) is 17.2 Å². The lowest BCUT2D eigenvalue weighted by Crippen LogP contribution is -2.30. The van der Waals surface area contributed by atoms with Gasteiger partial charge in [-0.25, -0.2) is 0 Å². The highest BCUT2D eigenvalue weighted by molar-refractivity contribution is 5.52. The zero-order valence-corrected chi connectivity index (χ0v) is 14.1. The predicted octanol–water partition coefficient (Wildman–Crippen LogP) is 3.26. The molecule has 0 bridgehead atoms. The number of nitrogens with one attached hydrogen (secondary N) is 1. The molecule has 2 aromatic rings. The second-order valence-corrected chi connectivity index (χ2v) is 5.83. The molecule has 1 aliphatic rings. The summed E-state index contributed by atoms with van der Waals surface area (Å²) in [7, 11) is 5.05. The standard InChI is InChI=1S/C19H23NO3/c1-12-7-14(9-15(8-12)21-2)19-16-11-18(23-4)17(22-3)10-13(16)5-6-20-19/h7-11,19-20H,5-6H2,1-4H3. The lowest BCUT2D eigenvalue weighted by atomic mass is 9.88. The summed E-state index contributed by atoms with van der Waals surface area (Å²) in [6.45, 7) is 3.02. The molecule has 4 nitrogen and oxygen atoms in total. The van der Waals surface area contributed by atoms with Crippen molar-refractivity contribution in [3.63, 3.8) is 0 Å². The largest absolute Gasteiger partial charge is 0.497 e. The summed E-state index contributed by atoms with van der Waals surface area (Å²) in [5, 5.41) is 3.61. The molecule has 4 heteroatoms. The maximum atomic E-state index is 5.48. The van der Waals surface area contributed by atoms with Crippen LogP contribution in [-0.4, -0.2) is 27.9 Å². The van der Waals surface area contributed by atoms with Crippen LogP contribution in [-0.2, 0) is 6.42 Å². The topological polar surface area (TPSA) is 39.7 Å². The predicted molar refractivity (Wildman–Crippen MR) is 90.8 cm³/mol. The van der Waals surface area contributed by atoms with Gasteiger partial charge in [0.05, 0.1) is 27.4 Å². The first-order chi connectivity index (χ1) is 11.2. The van der Waals surface area contributed by atoms with Gasteiger partial charge in [0, 0.05) is 6.54 Å². The van der Waals surface area contributed by atoms with Crippen LogP contribution in [0.3, 0.4) is 0 Å². The van der Waals surface area contributed by atoms with E-state index in [0.717, 1.165) is 30.2 Å². The normalized spacial score (nSPS) is 16.6. The maximum absolute atomic E-state index is 5.48. The average Bonchev–Trinajstić information content (AvgIpc) is 2.59. The summed E-state index contributed by atoms with van der Waals surface area (Å²) >= 11 is 0. The zero-order valence-electron chi connectivity index (χ0n) is 14.1. The van der Waals surface area contributed by atoms with Gasteiger partial charge in [0.1, 0.15) is 5.75 Å². The van der Waals surface area contributed by atoms with E-state index in [1.54, 1.807) is 21.3 Å². The van der Waals surface area contributed by atoms with Gasteiger partial charge < -0.3 is 19.5 Å². The molecule has 23 heavy (non-hydrogen) atoms. The third-order valence-electron chi connectivity index (χ3n) is 4.34. The van der Waals surface area contributed by atoms with Crippen LogP contribution in [0.4, 0.5) is 0 Å². The average molecular weight is 313 g/mol. The minimum absolute atomic E-state index is 0.132. The summed E-state index contributed by atoms with van der Waals surface area (Å²) in [5.41, 5.74) is 4.93. The molecule has 1 atom stereocenters. The minimum atomic E-state index is 0.132. The number of ether oxygens (including phenoxy) is 3. The van der Waals surface area contributed by atoms with Crippen LogP contribution in [0.5, 0.6) is 17.2 Å². The van der Waals surface area contributed by atoms with Crippen LogP contribution >= 0.6 is 0 Å². The number of hydrogen-bond donors (Lipinski definition) is 1. The highest BCUT2D eigenvalue weighted by Crippen LogP contribution is 2.38. The highest BCUT2D eigenvalue weighted by atomic mass is 16.5. The molecule has 2 aromatic carbocycles. The van der Waals surface area contributed by atoms with Gasteiger partial charge in [0.2, 0.25) is 0 Å². The van der Waals surface area contributed by atoms with E-state index in [0.29, 0.717) is 0 Å². The minimum Gasteiger partial charge on any atom is -0.497 e.